The normalized spacial score (nSPS) is 11.1. The van der Waals surface area contributed by atoms with Gasteiger partial charge in [0.15, 0.2) is 0 Å². The van der Waals surface area contributed by atoms with Crippen LogP contribution < -0.4 is 0 Å². The standard InChI is InChI=1S/C17H11NO3S2/c19-15(20)8-12-16(11-5-6-22-9-11)18-17(21-12)14-7-10-3-1-2-4-13(10)23-14/h1-7,9H,8H2,(H,19,20). The van der Waals surface area contributed by atoms with Crippen LogP contribution in [-0.2, 0) is 11.2 Å². The number of hydrogen-bond donors (Lipinski definition) is 1. The number of oxazole rings is 1. The van der Waals surface area contributed by atoms with Gasteiger partial charge in [0.1, 0.15) is 17.9 Å². The molecule has 4 nitrogen and oxygen atoms in total. The highest BCUT2D eigenvalue weighted by molar-refractivity contribution is 7.22. The molecule has 0 amide bonds. The molecule has 0 atom stereocenters. The van der Waals surface area contributed by atoms with Crippen LogP contribution in [0.1, 0.15) is 5.76 Å². The predicted octanol–water partition coefficient (Wildman–Crippen LogP) is 4.91. The maximum atomic E-state index is 11.1. The van der Waals surface area contributed by atoms with Crippen LogP contribution in [0.5, 0.6) is 0 Å². The van der Waals surface area contributed by atoms with Crippen LogP contribution in [0.15, 0.2) is 51.6 Å². The molecule has 6 heteroatoms. The molecule has 4 rings (SSSR count). The maximum absolute atomic E-state index is 11.1. The van der Waals surface area contributed by atoms with E-state index >= 15 is 0 Å². The van der Waals surface area contributed by atoms with E-state index in [4.69, 9.17) is 9.52 Å². The van der Waals surface area contributed by atoms with E-state index < -0.39 is 5.97 Å². The topological polar surface area (TPSA) is 63.3 Å². The van der Waals surface area contributed by atoms with Crippen molar-refractivity contribution in [3.05, 3.63) is 52.9 Å². The van der Waals surface area contributed by atoms with E-state index in [0.717, 1.165) is 20.5 Å². The van der Waals surface area contributed by atoms with Crippen LogP contribution in [0.25, 0.3) is 32.1 Å². The van der Waals surface area contributed by atoms with E-state index in [-0.39, 0.29) is 6.42 Å². The van der Waals surface area contributed by atoms with Crippen LogP contribution in [0.2, 0.25) is 0 Å². The van der Waals surface area contributed by atoms with Crippen LogP contribution >= 0.6 is 22.7 Å². The Bertz CT molecular complexity index is 950. The first kappa shape index (κ1) is 14.2. The summed E-state index contributed by atoms with van der Waals surface area (Å²) < 4.78 is 6.94. The summed E-state index contributed by atoms with van der Waals surface area (Å²) in [6, 6.07) is 12.0. The number of carbonyl (C=O) groups is 1. The Balaban J connectivity index is 1.84. The van der Waals surface area contributed by atoms with Gasteiger partial charge in [-0.15, -0.1) is 11.3 Å². The molecule has 4 aromatic rings. The summed E-state index contributed by atoms with van der Waals surface area (Å²) >= 11 is 3.13. The average Bonchev–Trinajstić information content (AvgIpc) is 3.25. The van der Waals surface area contributed by atoms with E-state index in [2.05, 4.69) is 4.98 Å². The van der Waals surface area contributed by atoms with Crippen molar-refractivity contribution in [2.45, 2.75) is 6.42 Å². The number of nitrogens with zero attached hydrogens (tertiary/aromatic N) is 1. The lowest BCUT2D eigenvalue weighted by Crippen LogP contribution is -1.99. The zero-order valence-corrected chi connectivity index (χ0v) is 13.5. The second kappa shape index (κ2) is 5.64. The van der Waals surface area contributed by atoms with Crippen molar-refractivity contribution in [2.24, 2.45) is 0 Å². The third kappa shape index (κ3) is 2.67. The highest BCUT2D eigenvalue weighted by atomic mass is 32.1. The van der Waals surface area contributed by atoms with Crippen molar-refractivity contribution in [2.75, 3.05) is 0 Å². The lowest BCUT2D eigenvalue weighted by Gasteiger charge is -1.94. The van der Waals surface area contributed by atoms with Crippen LogP contribution in [0.3, 0.4) is 0 Å². The lowest BCUT2D eigenvalue weighted by molar-refractivity contribution is -0.136. The van der Waals surface area contributed by atoms with E-state index in [0.29, 0.717) is 17.3 Å². The molecule has 0 radical (unpaired) electrons. The maximum Gasteiger partial charge on any atom is 0.311 e. The van der Waals surface area contributed by atoms with Crippen LogP contribution in [0.4, 0.5) is 0 Å². The minimum atomic E-state index is -0.930. The Morgan fingerprint density at radius 2 is 2.13 bits per heavy atom. The van der Waals surface area contributed by atoms with Gasteiger partial charge in [-0.1, -0.05) is 18.2 Å². The first-order valence-corrected chi connectivity index (χ1v) is 8.69. The molecule has 0 saturated heterocycles. The van der Waals surface area contributed by atoms with Gasteiger partial charge in [-0.3, -0.25) is 4.79 Å². The zero-order valence-electron chi connectivity index (χ0n) is 11.9. The Labute approximate surface area is 139 Å². The van der Waals surface area contributed by atoms with E-state index in [1.807, 2.05) is 47.2 Å². The molecule has 23 heavy (non-hydrogen) atoms. The number of carboxylic acid groups (broad SMARTS) is 1. The first-order valence-electron chi connectivity index (χ1n) is 6.94. The van der Waals surface area contributed by atoms with E-state index in [9.17, 15) is 4.79 Å². The van der Waals surface area contributed by atoms with Gasteiger partial charge < -0.3 is 9.52 Å². The Hall–Kier alpha value is -2.44. The molecule has 114 valence electrons. The zero-order chi connectivity index (χ0) is 15.8. The number of benzene rings is 1. The molecule has 0 aliphatic rings. The molecule has 0 spiro atoms. The smallest absolute Gasteiger partial charge is 0.311 e. The van der Waals surface area contributed by atoms with Crippen molar-refractivity contribution >= 4 is 38.7 Å². The summed E-state index contributed by atoms with van der Waals surface area (Å²) in [6.07, 6.45) is -0.178. The molecule has 1 aromatic carbocycles. The van der Waals surface area contributed by atoms with Gasteiger partial charge in [0, 0.05) is 15.6 Å². The summed E-state index contributed by atoms with van der Waals surface area (Å²) in [6.45, 7) is 0. The van der Waals surface area contributed by atoms with Crippen molar-refractivity contribution in [3.8, 4) is 22.0 Å². The lowest BCUT2D eigenvalue weighted by atomic mass is 10.2. The van der Waals surface area contributed by atoms with Gasteiger partial charge in [-0.05, 0) is 29.0 Å². The highest BCUT2D eigenvalue weighted by Crippen LogP contribution is 2.36. The third-order valence-corrected chi connectivity index (χ3v) is 5.23. The van der Waals surface area contributed by atoms with Crippen molar-refractivity contribution in [3.63, 3.8) is 0 Å². The Morgan fingerprint density at radius 1 is 1.26 bits per heavy atom. The molecule has 0 aliphatic heterocycles. The molecular weight excluding hydrogens is 330 g/mol. The Morgan fingerprint density at radius 3 is 2.87 bits per heavy atom. The average molecular weight is 341 g/mol. The number of aliphatic carboxylic acids is 1. The van der Waals surface area contributed by atoms with Crippen LogP contribution in [0, 0.1) is 0 Å². The summed E-state index contributed by atoms with van der Waals surface area (Å²) in [7, 11) is 0. The molecule has 0 fully saturated rings. The van der Waals surface area contributed by atoms with E-state index in [1.54, 1.807) is 22.7 Å². The third-order valence-electron chi connectivity index (χ3n) is 3.44. The molecule has 1 N–H and O–H groups in total. The van der Waals surface area contributed by atoms with Crippen molar-refractivity contribution < 1.29 is 14.3 Å². The van der Waals surface area contributed by atoms with Crippen molar-refractivity contribution in [1.29, 1.82) is 0 Å². The number of rotatable bonds is 4. The second-order valence-corrected chi connectivity index (χ2v) is 6.89. The molecule has 0 unspecified atom stereocenters. The summed E-state index contributed by atoms with van der Waals surface area (Å²) in [5.41, 5.74) is 1.50. The quantitative estimate of drug-likeness (QED) is 0.573. The monoisotopic (exact) mass is 341 g/mol. The minimum absolute atomic E-state index is 0.178. The molecule has 3 aromatic heterocycles. The molecule has 3 heterocycles. The molecular formula is C17H11NO3S2. The van der Waals surface area contributed by atoms with E-state index in [1.165, 1.54) is 0 Å². The second-order valence-electron chi connectivity index (χ2n) is 5.02. The summed E-state index contributed by atoms with van der Waals surface area (Å²) in [4.78, 5) is 16.6. The van der Waals surface area contributed by atoms with Gasteiger partial charge in [0.05, 0.1) is 4.88 Å². The number of hydrogen-bond acceptors (Lipinski definition) is 5. The molecule has 0 saturated carbocycles. The van der Waals surface area contributed by atoms with Gasteiger partial charge >= 0.3 is 5.97 Å². The molecule has 0 bridgehead atoms. The number of fused-ring (bicyclic) bond motifs is 1. The predicted molar refractivity (Wildman–Crippen MR) is 92.0 cm³/mol. The number of carboxylic acids is 1. The minimum Gasteiger partial charge on any atom is -0.481 e. The fourth-order valence-corrected chi connectivity index (χ4v) is 4.06. The first-order chi connectivity index (χ1) is 11.2. The summed E-state index contributed by atoms with van der Waals surface area (Å²) in [5.74, 6) is -0.0625. The SMILES string of the molecule is O=C(O)Cc1oc(-c2cc3ccccc3s2)nc1-c1ccsc1. The van der Waals surface area contributed by atoms with Gasteiger partial charge in [-0.2, -0.15) is 11.3 Å². The molecule has 0 aliphatic carbocycles. The number of aromatic nitrogens is 1. The highest BCUT2D eigenvalue weighted by Gasteiger charge is 2.20. The van der Waals surface area contributed by atoms with Crippen molar-refractivity contribution in [1.82, 2.24) is 4.98 Å². The fraction of sp³-hybridized carbons (Fsp3) is 0.0588. The Kier molecular flexibility index (Phi) is 3.48. The summed E-state index contributed by atoms with van der Waals surface area (Å²) in [5, 5.41) is 14.1. The van der Waals surface area contributed by atoms with Gasteiger partial charge in [0.25, 0.3) is 0 Å². The largest absolute Gasteiger partial charge is 0.481 e. The van der Waals surface area contributed by atoms with Crippen LogP contribution in [-0.4, -0.2) is 16.1 Å². The van der Waals surface area contributed by atoms with Gasteiger partial charge in [-0.25, -0.2) is 4.98 Å². The van der Waals surface area contributed by atoms with Gasteiger partial charge in [0.2, 0.25) is 5.89 Å². The fourth-order valence-electron chi connectivity index (χ4n) is 2.43. The number of thiophene rings is 2.